The van der Waals surface area contributed by atoms with E-state index >= 15 is 0 Å². The fourth-order valence-corrected chi connectivity index (χ4v) is 1.29. The van der Waals surface area contributed by atoms with Gasteiger partial charge in [-0.2, -0.15) is 0 Å². The minimum Gasteiger partial charge on any atom is -0.478 e. The van der Waals surface area contributed by atoms with Crippen molar-refractivity contribution in [2.24, 2.45) is 0 Å². The highest BCUT2D eigenvalue weighted by Gasteiger charge is 2.02. The molecule has 162 valence electrons. The number of unbranched alkanes of at least 4 members (excludes halogenated alkanes) is 2. The van der Waals surface area contributed by atoms with Crippen LogP contribution in [0.25, 0.3) is 0 Å². The molecule has 0 aliphatic carbocycles. The first-order chi connectivity index (χ1) is 12.9. The number of carboxylic acids is 2. The van der Waals surface area contributed by atoms with Crippen LogP contribution >= 0.6 is 0 Å². The van der Waals surface area contributed by atoms with Gasteiger partial charge in [-0.1, -0.05) is 46.4 Å². The third-order valence-corrected chi connectivity index (χ3v) is 3.23. The number of carbonyl (C=O) groups excluding carboxylic acids is 1. The van der Waals surface area contributed by atoms with Gasteiger partial charge in [0.2, 0.25) is 0 Å². The number of rotatable bonds is 11. The van der Waals surface area contributed by atoms with Crippen molar-refractivity contribution < 1.29 is 29.3 Å². The van der Waals surface area contributed by atoms with E-state index in [-0.39, 0.29) is 11.5 Å². The van der Waals surface area contributed by atoms with Crippen molar-refractivity contribution in [3.05, 3.63) is 36.5 Å². The van der Waals surface area contributed by atoms with E-state index in [0.29, 0.717) is 30.6 Å². The summed E-state index contributed by atoms with van der Waals surface area (Å²) in [6.07, 6.45) is 4.30. The Labute approximate surface area is 169 Å². The van der Waals surface area contributed by atoms with Crippen LogP contribution in [0.1, 0.15) is 52.9 Å². The topological polar surface area (TPSA) is 104 Å². The van der Waals surface area contributed by atoms with Crippen molar-refractivity contribution >= 4 is 17.9 Å². The number of likely N-dealkylation sites (N-methyl/N-ethyl adjacent to an activating group) is 1. The fraction of sp³-hybridized carbons (Fsp3) is 0.571. The van der Waals surface area contributed by atoms with Crippen LogP contribution in [-0.4, -0.2) is 60.3 Å². The van der Waals surface area contributed by atoms with E-state index in [0.717, 1.165) is 25.8 Å². The number of hydrogen-bond donors (Lipinski definition) is 2. The zero-order valence-corrected chi connectivity index (χ0v) is 18.0. The molecule has 0 spiro atoms. The maximum Gasteiger partial charge on any atom is 0.333 e. The van der Waals surface area contributed by atoms with E-state index in [1.807, 2.05) is 19.0 Å². The van der Waals surface area contributed by atoms with Crippen molar-refractivity contribution in [1.82, 2.24) is 4.90 Å². The highest BCUT2D eigenvalue weighted by atomic mass is 16.5. The third kappa shape index (κ3) is 23.6. The summed E-state index contributed by atoms with van der Waals surface area (Å²) in [7, 11) is 3.85. The average Bonchev–Trinajstić information content (AvgIpc) is 2.61. The number of aliphatic carboxylic acids is 2. The first kappa shape index (κ1) is 30.3. The predicted octanol–water partition coefficient (Wildman–Crippen LogP) is 3.91. The highest BCUT2D eigenvalue weighted by molar-refractivity contribution is 5.87. The quantitative estimate of drug-likeness (QED) is 0.308. The van der Waals surface area contributed by atoms with Crippen LogP contribution in [0.5, 0.6) is 0 Å². The Balaban J connectivity index is -0.000000343. The van der Waals surface area contributed by atoms with Gasteiger partial charge in [0.25, 0.3) is 0 Å². The number of ether oxygens (including phenoxy) is 1. The smallest absolute Gasteiger partial charge is 0.333 e. The van der Waals surface area contributed by atoms with E-state index in [1.54, 1.807) is 13.8 Å². The SMILES string of the molecule is C=C(C)C(=O)OCCN(C)C.C=C(CC)C(=O)O.C=C(CCCCC)C(=O)O. The molecule has 7 heteroatoms. The molecule has 0 unspecified atom stereocenters. The van der Waals surface area contributed by atoms with Gasteiger partial charge in [0.1, 0.15) is 6.61 Å². The minimum atomic E-state index is -0.900. The van der Waals surface area contributed by atoms with Crippen molar-refractivity contribution in [2.75, 3.05) is 27.2 Å². The second kappa shape index (κ2) is 19.4. The van der Waals surface area contributed by atoms with E-state index in [1.165, 1.54) is 0 Å². The monoisotopic (exact) mass is 399 g/mol. The second-order valence-electron chi connectivity index (χ2n) is 6.35. The number of hydrogen-bond acceptors (Lipinski definition) is 5. The van der Waals surface area contributed by atoms with Crippen LogP contribution in [0.15, 0.2) is 36.5 Å². The van der Waals surface area contributed by atoms with Crippen LogP contribution in [0, 0.1) is 0 Å². The van der Waals surface area contributed by atoms with Crippen LogP contribution in [0.2, 0.25) is 0 Å². The maximum atomic E-state index is 10.8. The summed E-state index contributed by atoms with van der Waals surface area (Å²) in [5, 5.41) is 16.5. The third-order valence-electron chi connectivity index (χ3n) is 3.23. The molecule has 0 fully saturated rings. The molecular formula is C21H37NO6. The number of esters is 1. The summed E-state index contributed by atoms with van der Waals surface area (Å²) < 4.78 is 4.83. The fourth-order valence-electron chi connectivity index (χ4n) is 1.29. The van der Waals surface area contributed by atoms with E-state index in [2.05, 4.69) is 26.7 Å². The highest BCUT2D eigenvalue weighted by Crippen LogP contribution is 2.06. The summed E-state index contributed by atoms with van der Waals surface area (Å²) in [6.45, 7) is 16.8. The van der Waals surface area contributed by atoms with E-state index in [9.17, 15) is 14.4 Å². The maximum absolute atomic E-state index is 10.8. The first-order valence-electron chi connectivity index (χ1n) is 9.20. The Morgan fingerprint density at radius 3 is 1.71 bits per heavy atom. The molecule has 0 aliphatic rings. The largest absolute Gasteiger partial charge is 0.478 e. The molecule has 0 saturated heterocycles. The minimum absolute atomic E-state index is 0.264. The van der Waals surface area contributed by atoms with Gasteiger partial charge in [-0.25, -0.2) is 14.4 Å². The molecule has 0 aliphatic heterocycles. The van der Waals surface area contributed by atoms with Crippen molar-refractivity contribution in [3.8, 4) is 0 Å². The lowest BCUT2D eigenvalue weighted by Crippen LogP contribution is -2.20. The Bertz CT molecular complexity index is 523. The van der Waals surface area contributed by atoms with Crippen LogP contribution < -0.4 is 0 Å². The molecule has 0 atom stereocenters. The zero-order valence-electron chi connectivity index (χ0n) is 18.0. The van der Waals surface area contributed by atoms with Crippen molar-refractivity contribution in [1.29, 1.82) is 0 Å². The molecule has 0 saturated carbocycles. The van der Waals surface area contributed by atoms with Crippen molar-refractivity contribution in [3.63, 3.8) is 0 Å². The lowest BCUT2D eigenvalue weighted by molar-refractivity contribution is -0.139. The molecule has 0 rings (SSSR count). The molecule has 0 amide bonds. The van der Waals surface area contributed by atoms with E-state index in [4.69, 9.17) is 14.9 Å². The van der Waals surface area contributed by atoms with Gasteiger partial charge in [-0.3, -0.25) is 0 Å². The summed E-state index contributed by atoms with van der Waals surface area (Å²) >= 11 is 0. The molecular weight excluding hydrogens is 362 g/mol. The number of carbonyl (C=O) groups is 3. The lowest BCUT2D eigenvalue weighted by Gasteiger charge is -2.09. The van der Waals surface area contributed by atoms with Gasteiger partial charge in [-0.05, 0) is 40.3 Å². The molecule has 2 N–H and O–H groups in total. The lowest BCUT2D eigenvalue weighted by atomic mass is 10.1. The summed E-state index contributed by atoms with van der Waals surface area (Å²) in [5.41, 5.74) is 1.04. The zero-order chi connectivity index (χ0) is 22.7. The summed E-state index contributed by atoms with van der Waals surface area (Å²) in [4.78, 5) is 32.8. The molecule has 7 nitrogen and oxygen atoms in total. The summed E-state index contributed by atoms with van der Waals surface area (Å²) in [6, 6.07) is 0. The molecule has 28 heavy (non-hydrogen) atoms. The Morgan fingerprint density at radius 1 is 0.929 bits per heavy atom. The Kier molecular flexibility index (Phi) is 21.0. The molecule has 0 radical (unpaired) electrons. The Morgan fingerprint density at radius 2 is 1.43 bits per heavy atom. The van der Waals surface area contributed by atoms with E-state index < -0.39 is 11.9 Å². The van der Waals surface area contributed by atoms with Gasteiger partial charge in [0.15, 0.2) is 0 Å². The number of nitrogens with zero attached hydrogens (tertiary/aromatic N) is 1. The van der Waals surface area contributed by atoms with Gasteiger partial charge < -0.3 is 19.8 Å². The molecule has 0 aromatic heterocycles. The predicted molar refractivity (Wildman–Crippen MR) is 112 cm³/mol. The van der Waals surface area contributed by atoms with Crippen LogP contribution in [-0.2, 0) is 19.1 Å². The first-order valence-corrected chi connectivity index (χ1v) is 9.20. The second-order valence-corrected chi connectivity index (χ2v) is 6.35. The molecule has 0 heterocycles. The number of carboxylic acid groups (broad SMARTS) is 2. The van der Waals surface area contributed by atoms with Gasteiger partial charge in [0, 0.05) is 23.3 Å². The van der Waals surface area contributed by atoms with Gasteiger partial charge >= 0.3 is 17.9 Å². The van der Waals surface area contributed by atoms with Crippen LogP contribution in [0.4, 0.5) is 0 Å². The standard InChI is InChI=1S/C8H15NO2.C8H14O2.C5H8O2/c1-7(2)8(10)11-6-5-9(3)4;1-3-4-5-6-7(2)8(9)10;1-3-4(2)5(6)7/h1,5-6H2,2-4H3;2-6H2,1H3,(H,9,10);2-3H2,1H3,(H,6,7). The van der Waals surface area contributed by atoms with Crippen LogP contribution in [0.3, 0.4) is 0 Å². The summed E-state index contributed by atoms with van der Waals surface area (Å²) in [5.74, 6) is -2.08. The average molecular weight is 400 g/mol. The normalized spacial score (nSPS) is 9.21. The van der Waals surface area contributed by atoms with Crippen molar-refractivity contribution in [2.45, 2.75) is 52.9 Å². The van der Waals surface area contributed by atoms with Gasteiger partial charge in [-0.15, -0.1) is 0 Å². The molecule has 0 aromatic carbocycles. The molecule has 0 aromatic rings. The molecule has 0 bridgehead atoms. The van der Waals surface area contributed by atoms with Gasteiger partial charge in [0.05, 0.1) is 0 Å². The Hall–Kier alpha value is -2.41.